The fraction of sp³-hybridized carbons (Fsp3) is 0.200. The lowest BCUT2D eigenvalue weighted by Crippen LogP contribution is -2.24. The van der Waals surface area contributed by atoms with E-state index in [1.54, 1.807) is 18.2 Å². The van der Waals surface area contributed by atoms with Gasteiger partial charge in [-0.1, -0.05) is 18.2 Å². The first-order chi connectivity index (χ1) is 9.15. The molecule has 19 heavy (non-hydrogen) atoms. The number of nitrogens with two attached hydrogens (primary N) is 1. The van der Waals surface area contributed by atoms with Gasteiger partial charge in [0.2, 0.25) is 0 Å². The van der Waals surface area contributed by atoms with E-state index in [9.17, 15) is 8.78 Å². The van der Waals surface area contributed by atoms with E-state index in [0.717, 1.165) is 0 Å². The molecule has 0 radical (unpaired) electrons. The molecule has 0 fully saturated rings. The summed E-state index contributed by atoms with van der Waals surface area (Å²) in [6.07, 6.45) is -0.00800. The molecule has 98 valence electrons. The summed E-state index contributed by atoms with van der Waals surface area (Å²) >= 11 is 0. The third-order valence-electron chi connectivity index (χ3n) is 3.36. The molecule has 1 unspecified atom stereocenters. The average Bonchev–Trinajstić information content (AvgIpc) is 2.40. The van der Waals surface area contributed by atoms with Gasteiger partial charge in [-0.25, -0.2) is 8.78 Å². The molecular weight excluding hydrogens is 248 g/mol. The first-order valence-electron chi connectivity index (χ1n) is 6.11. The highest BCUT2D eigenvalue weighted by Gasteiger charge is 2.28. The Morgan fingerprint density at radius 1 is 1.05 bits per heavy atom. The third kappa shape index (κ3) is 2.19. The Bertz CT molecular complexity index is 615. The number of hydrogen-bond donors (Lipinski definition) is 1. The highest BCUT2D eigenvalue weighted by atomic mass is 19.1. The Morgan fingerprint density at radius 2 is 1.84 bits per heavy atom. The highest BCUT2D eigenvalue weighted by molar-refractivity contribution is 5.39. The predicted octanol–water partition coefficient (Wildman–Crippen LogP) is 3.49. The van der Waals surface area contributed by atoms with Gasteiger partial charge in [0.05, 0.1) is 0 Å². The van der Waals surface area contributed by atoms with Gasteiger partial charge in [0.15, 0.2) is 0 Å². The van der Waals surface area contributed by atoms with Crippen molar-refractivity contribution in [1.29, 1.82) is 0 Å². The minimum atomic E-state index is -0.436. The van der Waals surface area contributed by atoms with Crippen molar-refractivity contribution >= 4 is 0 Å². The summed E-state index contributed by atoms with van der Waals surface area (Å²) in [6, 6.07) is 10.3. The Balaban J connectivity index is 1.97. The van der Waals surface area contributed by atoms with Gasteiger partial charge in [-0.05, 0) is 24.3 Å². The molecule has 0 aromatic heterocycles. The summed E-state index contributed by atoms with van der Waals surface area (Å²) in [5.74, 6) is -0.138. The zero-order chi connectivity index (χ0) is 13.4. The normalized spacial score (nSPS) is 21.6. The molecule has 3 rings (SSSR count). The van der Waals surface area contributed by atoms with E-state index in [2.05, 4.69) is 0 Å². The lowest BCUT2D eigenvalue weighted by molar-refractivity contribution is 0.157. The molecule has 2 aromatic carbocycles. The van der Waals surface area contributed by atoms with E-state index in [0.29, 0.717) is 23.3 Å². The maximum atomic E-state index is 13.8. The smallest absolute Gasteiger partial charge is 0.130 e. The summed E-state index contributed by atoms with van der Waals surface area (Å²) < 4.78 is 32.7. The molecule has 4 heteroatoms. The van der Waals surface area contributed by atoms with Gasteiger partial charge in [0, 0.05) is 23.6 Å². The fourth-order valence-electron chi connectivity index (χ4n) is 2.40. The minimum Gasteiger partial charge on any atom is -0.485 e. The van der Waals surface area contributed by atoms with Gasteiger partial charge < -0.3 is 10.5 Å². The van der Waals surface area contributed by atoms with Crippen molar-refractivity contribution in [2.45, 2.75) is 18.6 Å². The Kier molecular flexibility index (Phi) is 2.95. The van der Waals surface area contributed by atoms with Crippen LogP contribution in [0.5, 0.6) is 5.75 Å². The van der Waals surface area contributed by atoms with Crippen LogP contribution in [0.3, 0.4) is 0 Å². The zero-order valence-electron chi connectivity index (χ0n) is 10.1. The van der Waals surface area contributed by atoms with Gasteiger partial charge in [-0.15, -0.1) is 0 Å². The van der Waals surface area contributed by atoms with Crippen LogP contribution < -0.4 is 10.5 Å². The van der Waals surface area contributed by atoms with Crippen LogP contribution in [0.15, 0.2) is 42.5 Å². The van der Waals surface area contributed by atoms with E-state index in [4.69, 9.17) is 10.5 Å². The monoisotopic (exact) mass is 261 g/mol. The van der Waals surface area contributed by atoms with E-state index in [1.807, 2.05) is 0 Å². The summed E-state index contributed by atoms with van der Waals surface area (Å²) in [7, 11) is 0. The molecule has 1 aliphatic rings. The molecule has 0 saturated heterocycles. The number of ether oxygens (including phenoxy) is 1. The van der Waals surface area contributed by atoms with Crippen molar-refractivity contribution in [3.63, 3.8) is 0 Å². The number of halogens is 2. The second-order valence-electron chi connectivity index (χ2n) is 4.65. The minimum absolute atomic E-state index is 0.315. The first kappa shape index (κ1) is 12.1. The summed E-state index contributed by atoms with van der Waals surface area (Å²) in [6.45, 7) is 0. The summed E-state index contributed by atoms with van der Waals surface area (Å²) in [5.41, 5.74) is 7.14. The predicted molar refractivity (Wildman–Crippen MR) is 67.7 cm³/mol. The molecule has 0 saturated carbocycles. The Labute approximate surface area is 109 Å². The molecule has 1 heterocycles. The molecule has 0 spiro atoms. The molecule has 2 nitrogen and oxygen atoms in total. The Morgan fingerprint density at radius 3 is 2.63 bits per heavy atom. The number of hydrogen-bond acceptors (Lipinski definition) is 2. The quantitative estimate of drug-likeness (QED) is 0.852. The van der Waals surface area contributed by atoms with Crippen molar-refractivity contribution in [2.24, 2.45) is 5.73 Å². The molecule has 2 aromatic rings. The van der Waals surface area contributed by atoms with Crippen molar-refractivity contribution in [3.05, 3.63) is 65.2 Å². The van der Waals surface area contributed by atoms with Crippen molar-refractivity contribution in [2.75, 3.05) is 0 Å². The third-order valence-corrected chi connectivity index (χ3v) is 3.36. The number of rotatable bonds is 1. The van der Waals surface area contributed by atoms with Crippen LogP contribution in [0.2, 0.25) is 0 Å². The molecule has 0 bridgehead atoms. The second-order valence-corrected chi connectivity index (χ2v) is 4.65. The largest absolute Gasteiger partial charge is 0.485 e. The van der Waals surface area contributed by atoms with Gasteiger partial charge in [-0.2, -0.15) is 0 Å². The number of benzene rings is 2. The van der Waals surface area contributed by atoms with Gasteiger partial charge >= 0.3 is 0 Å². The van der Waals surface area contributed by atoms with Crippen molar-refractivity contribution in [1.82, 2.24) is 0 Å². The maximum absolute atomic E-state index is 13.8. The van der Waals surface area contributed by atoms with Crippen LogP contribution in [0.4, 0.5) is 8.78 Å². The van der Waals surface area contributed by atoms with E-state index in [1.165, 1.54) is 24.3 Å². The van der Waals surface area contributed by atoms with Gasteiger partial charge in [0.1, 0.15) is 23.5 Å². The fourth-order valence-corrected chi connectivity index (χ4v) is 2.40. The maximum Gasteiger partial charge on any atom is 0.130 e. The zero-order valence-corrected chi connectivity index (χ0v) is 10.1. The lowest BCUT2D eigenvalue weighted by Gasteiger charge is -2.30. The van der Waals surface area contributed by atoms with E-state index in [-0.39, 0.29) is 17.7 Å². The molecule has 2 atom stereocenters. The van der Waals surface area contributed by atoms with Crippen molar-refractivity contribution < 1.29 is 13.5 Å². The Hall–Kier alpha value is -1.94. The highest BCUT2D eigenvalue weighted by Crippen LogP contribution is 2.40. The van der Waals surface area contributed by atoms with E-state index >= 15 is 0 Å². The van der Waals surface area contributed by atoms with E-state index < -0.39 is 6.10 Å². The molecule has 0 amide bonds. The van der Waals surface area contributed by atoms with Crippen LogP contribution in [0.25, 0.3) is 0 Å². The van der Waals surface area contributed by atoms with Crippen LogP contribution in [0.1, 0.15) is 29.7 Å². The topological polar surface area (TPSA) is 35.2 Å². The molecule has 2 N–H and O–H groups in total. The van der Waals surface area contributed by atoms with Gasteiger partial charge in [-0.3, -0.25) is 0 Å². The molecular formula is C15H13F2NO. The van der Waals surface area contributed by atoms with Crippen LogP contribution in [-0.2, 0) is 0 Å². The standard InChI is InChI=1S/C15H13F2NO/c16-9-5-6-14-11(7-9)13(18)8-15(19-14)10-3-1-2-4-12(10)17/h1-7,13,15H,8,18H2/t13-,15?/m1/s1. The van der Waals surface area contributed by atoms with Crippen LogP contribution in [0, 0.1) is 11.6 Å². The second kappa shape index (κ2) is 4.63. The first-order valence-corrected chi connectivity index (χ1v) is 6.11. The van der Waals surface area contributed by atoms with Gasteiger partial charge in [0.25, 0.3) is 0 Å². The van der Waals surface area contributed by atoms with Crippen LogP contribution in [-0.4, -0.2) is 0 Å². The average molecular weight is 261 g/mol. The summed E-state index contributed by atoms with van der Waals surface area (Å²) in [4.78, 5) is 0. The molecule has 1 aliphatic heterocycles. The summed E-state index contributed by atoms with van der Waals surface area (Å²) in [5, 5.41) is 0. The molecule has 0 aliphatic carbocycles. The lowest BCUT2D eigenvalue weighted by atomic mass is 9.93. The SMILES string of the molecule is N[C@@H]1CC(c2ccccc2F)Oc2ccc(F)cc21. The van der Waals surface area contributed by atoms with Crippen LogP contribution >= 0.6 is 0 Å². The number of fused-ring (bicyclic) bond motifs is 1. The van der Waals surface area contributed by atoms with Crippen molar-refractivity contribution in [3.8, 4) is 5.75 Å².